The van der Waals surface area contributed by atoms with Gasteiger partial charge in [0.1, 0.15) is 0 Å². The summed E-state index contributed by atoms with van der Waals surface area (Å²) in [5.74, 6) is -0.00786. The highest BCUT2D eigenvalue weighted by Crippen LogP contribution is 2.16. The van der Waals surface area contributed by atoms with Gasteiger partial charge in [0.2, 0.25) is 15.9 Å². The van der Waals surface area contributed by atoms with Crippen LogP contribution in [0.4, 0.5) is 0 Å². The van der Waals surface area contributed by atoms with Crippen molar-refractivity contribution in [1.29, 1.82) is 0 Å². The second-order valence-electron chi connectivity index (χ2n) is 4.51. The molecule has 2 fully saturated rings. The molecule has 0 aromatic rings. The Hall–Kier alpha value is -0.660. The Morgan fingerprint density at radius 2 is 1.94 bits per heavy atom. The highest BCUT2D eigenvalue weighted by molar-refractivity contribution is 7.90. The maximum Gasteiger partial charge on any atom is 0.220 e. The fourth-order valence-electron chi connectivity index (χ4n) is 2.15. The van der Waals surface area contributed by atoms with E-state index >= 15 is 0 Å². The van der Waals surface area contributed by atoms with Crippen LogP contribution in [0.25, 0.3) is 0 Å². The summed E-state index contributed by atoms with van der Waals surface area (Å²) >= 11 is 0. The van der Waals surface area contributed by atoms with Crippen molar-refractivity contribution >= 4 is 15.9 Å². The minimum Gasteiger partial charge on any atom is -0.381 e. The molecule has 0 spiro atoms. The van der Waals surface area contributed by atoms with Gasteiger partial charge in [0.15, 0.2) is 0 Å². The van der Waals surface area contributed by atoms with Crippen molar-refractivity contribution in [1.82, 2.24) is 10.0 Å². The average Bonchev–Trinajstić information content (AvgIpc) is 2.33. The lowest BCUT2D eigenvalue weighted by Crippen LogP contribution is -2.50. The molecule has 0 aromatic heterocycles. The van der Waals surface area contributed by atoms with Gasteiger partial charge in [0, 0.05) is 32.2 Å². The lowest BCUT2D eigenvalue weighted by Gasteiger charge is -2.27. The largest absolute Gasteiger partial charge is 0.381 e. The number of ether oxygens (including phenoxy) is 1. The van der Waals surface area contributed by atoms with E-state index in [1.807, 2.05) is 0 Å². The average molecular weight is 262 g/mol. The van der Waals surface area contributed by atoms with E-state index in [1.165, 1.54) is 0 Å². The molecule has 2 aliphatic rings. The van der Waals surface area contributed by atoms with Crippen LogP contribution in [-0.2, 0) is 19.6 Å². The molecule has 2 saturated heterocycles. The Morgan fingerprint density at radius 1 is 1.24 bits per heavy atom. The molecule has 1 atom stereocenters. The number of amides is 1. The molecule has 2 aliphatic heterocycles. The zero-order valence-corrected chi connectivity index (χ0v) is 10.5. The topological polar surface area (TPSA) is 84.5 Å². The zero-order valence-electron chi connectivity index (χ0n) is 9.65. The summed E-state index contributed by atoms with van der Waals surface area (Å²) in [4.78, 5) is 11.0. The van der Waals surface area contributed by atoms with Gasteiger partial charge < -0.3 is 10.1 Å². The molecule has 0 aliphatic carbocycles. The van der Waals surface area contributed by atoms with Gasteiger partial charge in [-0.15, -0.1) is 0 Å². The Balaban J connectivity index is 1.90. The van der Waals surface area contributed by atoms with Gasteiger partial charge >= 0.3 is 0 Å². The first-order valence-electron chi connectivity index (χ1n) is 5.93. The highest BCUT2D eigenvalue weighted by atomic mass is 32.2. The SMILES string of the molecule is O=C1CCC(NS(=O)(=O)C2CCOCC2)CN1. The van der Waals surface area contributed by atoms with Gasteiger partial charge in [0.25, 0.3) is 0 Å². The van der Waals surface area contributed by atoms with Crippen molar-refractivity contribution in [3.05, 3.63) is 0 Å². The molecule has 1 amide bonds. The number of hydrogen-bond donors (Lipinski definition) is 2. The predicted octanol–water partition coefficient (Wildman–Crippen LogP) is -0.637. The van der Waals surface area contributed by atoms with E-state index in [2.05, 4.69) is 10.0 Å². The van der Waals surface area contributed by atoms with Crippen LogP contribution in [0, 0.1) is 0 Å². The number of sulfonamides is 1. The van der Waals surface area contributed by atoms with Gasteiger partial charge in [-0.3, -0.25) is 4.79 Å². The Bertz CT molecular complexity index is 366. The molecule has 17 heavy (non-hydrogen) atoms. The summed E-state index contributed by atoms with van der Waals surface area (Å²) in [6.07, 6.45) is 2.07. The van der Waals surface area contributed by atoms with Gasteiger partial charge in [-0.2, -0.15) is 0 Å². The summed E-state index contributed by atoms with van der Waals surface area (Å²) in [7, 11) is -3.28. The Labute approximate surface area is 101 Å². The smallest absolute Gasteiger partial charge is 0.220 e. The fraction of sp³-hybridized carbons (Fsp3) is 0.900. The number of carbonyl (C=O) groups is 1. The molecule has 0 saturated carbocycles. The van der Waals surface area contributed by atoms with E-state index in [9.17, 15) is 13.2 Å². The molecule has 98 valence electrons. The molecule has 0 radical (unpaired) electrons. The lowest BCUT2D eigenvalue weighted by atomic mass is 10.1. The second kappa shape index (κ2) is 5.32. The van der Waals surface area contributed by atoms with Crippen LogP contribution in [0.3, 0.4) is 0 Å². The number of piperidine rings is 1. The van der Waals surface area contributed by atoms with Crippen LogP contribution >= 0.6 is 0 Å². The number of nitrogens with one attached hydrogen (secondary N) is 2. The first-order chi connectivity index (χ1) is 8.08. The van der Waals surface area contributed by atoms with Crippen LogP contribution in [0.5, 0.6) is 0 Å². The third-order valence-electron chi connectivity index (χ3n) is 3.20. The lowest BCUT2D eigenvalue weighted by molar-refractivity contribution is -0.122. The summed E-state index contributed by atoms with van der Waals surface area (Å²) in [5.41, 5.74) is 0. The monoisotopic (exact) mass is 262 g/mol. The van der Waals surface area contributed by atoms with Crippen LogP contribution in [0.1, 0.15) is 25.7 Å². The molecular formula is C10H18N2O4S. The van der Waals surface area contributed by atoms with Crippen LogP contribution in [0.15, 0.2) is 0 Å². The van der Waals surface area contributed by atoms with E-state index < -0.39 is 10.0 Å². The summed E-state index contributed by atoms with van der Waals surface area (Å²) in [6, 6.07) is -0.166. The molecule has 7 heteroatoms. The highest BCUT2D eigenvalue weighted by Gasteiger charge is 2.30. The first kappa shape index (κ1) is 12.8. The molecular weight excluding hydrogens is 244 g/mol. The maximum atomic E-state index is 12.1. The minimum absolute atomic E-state index is 0.00786. The van der Waals surface area contributed by atoms with Crippen LogP contribution in [-0.4, -0.2) is 45.4 Å². The van der Waals surface area contributed by atoms with Crippen molar-refractivity contribution in [2.24, 2.45) is 0 Å². The quantitative estimate of drug-likeness (QED) is 0.709. The fourth-order valence-corrected chi connectivity index (χ4v) is 3.82. The molecule has 2 N–H and O–H groups in total. The molecule has 6 nitrogen and oxygen atoms in total. The van der Waals surface area contributed by atoms with Crippen LogP contribution < -0.4 is 10.0 Å². The van der Waals surface area contributed by atoms with E-state index in [1.54, 1.807) is 0 Å². The van der Waals surface area contributed by atoms with Gasteiger partial charge in [-0.25, -0.2) is 13.1 Å². The van der Waals surface area contributed by atoms with Crippen molar-refractivity contribution < 1.29 is 17.9 Å². The summed E-state index contributed by atoms with van der Waals surface area (Å²) < 4.78 is 31.9. The van der Waals surface area contributed by atoms with E-state index in [-0.39, 0.29) is 17.2 Å². The minimum atomic E-state index is -3.28. The predicted molar refractivity (Wildman–Crippen MR) is 61.9 cm³/mol. The standard InChI is InChI=1S/C10H18N2O4S/c13-10-2-1-8(7-11-10)12-17(14,15)9-3-5-16-6-4-9/h8-9,12H,1-7H2,(H,11,13). The molecule has 2 rings (SSSR count). The van der Waals surface area contributed by atoms with Crippen molar-refractivity contribution in [2.75, 3.05) is 19.8 Å². The van der Waals surface area contributed by atoms with Crippen molar-refractivity contribution in [3.8, 4) is 0 Å². The maximum absolute atomic E-state index is 12.1. The van der Waals surface area contributed by atoms with Gasteiger partial charge in [0.05, 0.1) is 5.25 Å². The summed E-state index contributed by atoms with van der Waals surface area (Å²) in [5, 5.41) is 2.31. The number of carbonyl (C=O) groups excluding carboxylic acids is 1. The summed E-state index contributed by atoms with van der Waals surface area (Å²) in [6.45, 7) is 1.40. The second-order valence-corrected chi connectivity index (χ2v) is 6.51. The van der Waals surface area contributed by atoms with Crippen molar-refractivity contribution in [3.63, 3.8) is 0 Å². The Kier molecular flexibility index (Phi) is 4.01. The van der Waals surface area contributed by atoms with Gasteiger partial charge in [-0.05, 0) is 19.3 Å². The van der Waals surface area contributed by atoms with E-state index in [0.717, 1.165) is 0 Å². The number of rotatable bonds is 3. The van der Waals surface area contributed by atoms with Crippen molar-refractivity contribution in [2.45, 2.75) is 37.0 Å². The Morgan fingerprint density at radius 3 is 2.53 bits per heavy atom. The zero-order chi connectivity index (χ0) is 12.3. The number of hydrogen-bond acceptors (Lipinski definition) is 4. The van der Waals surface area contributed by atoms with Gasteiger partial charge in [-0.1, -0.05) is 0 Å². The van der Waals surface area contributed by atoms with Crippen LogP contribution in [0.2, 0.25) is 0 Å². The third-order valence-corrected chi connectivity index (χ3v) is 5.21. The van der Waals surface area contributed by atoms with E-state index in [4.69, 9.17) is 4.74 Å². The molecule has 0 bridgehead atoms. The molecule has 1 unspecified atom stereocenters. The third kappa shape index (κ3) is 3.40. The molecule has 2 heterocycles. The van der Waals surface area contributed by atoms with E-state index in [0.29, 0.717) is 45.4 Å². The molecule has 0 aromatic carbocycles. The normalized spacial score (nSPS) is 27.8. The first-order valence-corrected chi connectivity index (χ1v) is 7.48.